The van der Waals surface area contributed by atoms with Crippen LogP contribution in [-0.4, -0.2) is 33.8 Å². The second-order valence-corrected chi connectivity index (χ2v) is 9.48. The molecule has 3 aromatic carbocycles. The van der Waals surface area contributed by atoms with E-state index >= 15 is 0 Å². The van der Waals surface area contributed by atoms with Gasteiger partial charge in [0.1, 0.15) is 23.4 Å². The number of carbonyl (C=O) groups excluding carboxylic acids is 1. The molecule has 0 bridgehead atoms. The van der Waals surface area contributed by atoms with Crippen LogP contribution in [-0.2, 0) is 0 Å². The van der Waals surface area contributed by atoms with E-state index in [1.165, 1.54) is 23.5 Å². The van der Waals surface area contributed by atoms with Gasteiger partial charge in [-0.25, -0.2) is 14.1 Å². The number of amides is 1. The van der Waals surface area contributed by atoms with E-state index in [9.17, 15) is 9.18 Å². The molecule has 1 N–H and O–H groups in total. The number of nitrogens with one attached hydrogen (secondary N) is 1. The third-order valence-electron chi connectivity index (χ3n) is 5.92. The first-order valence-corrected chi connectivity index (χ1v) is 12.6. The largest absolute Gasteiger partial charge is 0.497 e. The van der Waals surface area contributed by atoms with Gasteiger partial charge in [-0.05, 0) is 74.0 Å². The Balaban J connectivity index is 0.00000336. The topological polar surface area (TPSA) is 78.3 Å². The van der Waals surface area contributed by atoms with Gasteiger partial charge in [-0.1, -0.05) is 19.6 Å². The molecule has 0 aliphatic heterocycles. The minimum Gasteiger partial charge on any atom is -0.497 e. The van der Waals surface area contributed by atoms with Gasteiger partial charge in [-0.15, -0.1) is 11.3 Å². The lowest BCUT2D eigenvalue weighted by Crippen LogP contribution is -2.39. The Morgan fingerprint density at radius 1 is 1.08 bits per heavy atom. The van der Waals surface area contributed by atoms with Crippen molar-refractivity contribution in [3.8, 4) is 17.2 Å². The maximum Gasteiger partial charge on any atom is 0.280 e. The predicted octanol–water partition coefficient (Wildman–Crippen LogP) is 6.51. The standard InChI is InChI=1S/C28H25FN4O3S.CH4/c1-17-16-37-28(31-17)27(34)32-18(2)26(19-5-4-6-23(13-19)35-3)36-24-11-12-25-20(14-24)15-30-33(25)22-9-7-21(29)8-10-22;/h4-16,18,26H,1-3H3,(H,32,34);1H4/t18-,26-;/m0./s1. The molecule has 0 saturated carbocycles. The molecule has 0 fully saturated rings. The van der Waals surface area contributed by atoms with Gasteiger partial charge in [-0.2, -0.15) is 5.10 Å². The zero-order valence-corrected chi connectivity index (χ0v) is 21.3. The lowest BCUT2D eigenvalue weighted by atomic mass is 10.0. The van der Waals surface area contributed by atoms with Gasteiger partial charge in [0, 0.05) is 16.5 Å². The maximum atomic E-state index is 13.4. The smallest absolute Gasteiger partial charge is 0.280 e. The number of carbonyl (C=O) groups is 1. The number of hydrogen-bond acceptors (Lipinski definition) is 6. The normalized spacial score (nSPS) is 12.4. The van der Waals surface area contributed by atoms with Crippen LogP contribution in [0.5, 0.6) is 11.5 Å². The molecule has 1 amide bonds. The van der Waals surface area contributed by atoms with Gasteiger partial charge in [0.2, 0.25) is 0 Å². The van der Waals surface area contributed by atoms with Gasteiger partial charge < -0.3 is 14.8 Å². The molecule has 2 atom stereocenters. The average Bonchev–Trinajstić information content (AvgIpc) is 3.54. The molecular formula is C29H29FN4O3S. The number of benzene rings is 3. The Morgan fingerprint density at radius 2 is 1.87 bits per heavy atom. The summed E-state index contributed by atoms with van der Waals surface area (Å²) in [4.78, 5) is 17.1. The summed E-state index contributed by atoms with van der Waals surface area (Å²) in [6, 6.07) is 19.0. The number of rotatable bonds is 8. The van der Waals surface area contributed by atoms with Crippen LogP contribution in [0.3, 0.4) is 0 Å². The van der Waals surface area contributed by atoms with E-state index in [-0.39, 0.29) is 25.2 Å². The van der Waals surface area contributed by atoms with Crippen molar-refractivity contribution < 1.29 is 18.7 Å². The first-order chi connectivity index (χ1) is 17.9. The first-order valence-electron chi connectivity index (χ1n) is 11.7. The van der Waals surface area contributed by atoms with Crippen molar-refractivity contribution in [3.63, 3.8) is 0 Å². The molecule has 196 valence electrons. The molecule has 7 nitrogen and oxygen atoms in total. The predicted molar refractivity (Wildman–Crippen MR) is 148 cm³/mol. The van der Waals surface area contributed by atoms with Crippen LogP contribution >= 0.6 is 11.3 Å². The van der Waals surface area contributed by atoms with Crippen LogP contribution in [0.1, 0.15) is 41.5 Å². The number of halogens is 1. The van der Waals surface area contributed by atoms with Crippen LogP contribution in [0.4, 0.5) is 4.39 Å². The number of fused-ring (bicyclic) bond motifs is 1. The van der Waals surface area contributed by atoms with Crippen molar-refractivity contribution in [1.29, 1.82) is 0 Å². The summed E-state index contributed by atoms with van der Waals surface area (Å²) in [7, 11) is 1.61. The molecule has 0 unspecified atom stereocenters. The monoisotopic (exact) mass is 532 g/mol. The van der Waals surface area contributed by atoms with E-state index < -0.39 is 6.10 Å². The minimum absolute atomic E-state index is 0. The SMILES string of the molecule is C.COc1cccc([C@@H](Oc2ccc3c(cnn3-c3ccc(F)cc3)c2)[C@H](C)NC(=O)c2nc(C)cs2)c1. The highest BCUT2D eigenvalue weighted by atomic mass is 32.1. The van der Waals surface area contributed by atoms with Crippen LogP contribution in [0.15, 0.2) is 78.3 Å². The highest BCUT2D eigenvalue weighted by molar-refractivity contribution is 7.11. The lowest BCUT2D eigenvalue weighted by Gasteiger charge is -2.26. The highest BCUT2D eigenvalue weighted by Gasteiger charge is 2.25. The van der Waals surface area contributed by atoms with Crippen molar-refractivity contribution in [3.05, 3.63) is 100 Å². The van der Waals surface area contributed by atoms with Gasteiger partial charge in [0.05, 0.1) is 30.6 Å². The summed E-state index contributed by atoms with van der Waals surface area (Å²) in [5.41, 5.74) is 3.27. The second kappa shape index (κ2) is 11.4. The molecule has 0 radical (unpaired) electrons. The summed E-state index contributed by atoms with van der Waals surface area (Å²) in [5.74, 6) is 0.755. The molecule has 5 rings (SSSR count). The summed E-state index contributed by atoms with van der Waals surface area (Å²) < 4.78 is 27.0. The van der Waals surface area contributed by atoms with Crippen LogP contribution < -0.4 is 14.8 Å². The van der Waals surface area contributed by atoms with Crippen LogP contribution in [0.2, 0.25) is 0 Å². The molecular weight excluding hydrogens is 503 g/mol. The quantitative estimate of drug-likeness (QED) is 0.246. The first kappa shape index (κ1) is 26.8. The number of thiazole rings is 1. The molecule has 0 saturated heterocycles. The molecule has 0 aliphatic carbocycles. The number of aromatic nitrogens is 3. The van der Waals surface area contributed by atoms with Crippen molar-refractivity contribution in [2.45, 2.75) is 33.4 Å². The number of methoxy groups -OCH3 is 1. The number of aryl methyl sites for hydroxylation is 1. The summed E-state index contributed by atoms with van der Waals surface area (Å²) in [5, 5.41) is 10.6. The Kier molecular flexibility index (Phi) is 8.07. The summed E-state index contributed by atoms with van der Waals surface area (Å²) >= 11 is 1.31. The van der Waals surface area contributed by atoms with Crippen LogP contribution in [0.25, 0.3) is 16.6 Å². The van der Waals surface area contributed by atoms with E-state index in [0.29, 0.717) is 16.5 Å². The fourth-order valence-corrected chi connectivity index (χ4v) is 4.80. The van der Waals surface area contributed by atoms with Gasteiger partial charge in [-0.3, -0.25) is 4.79 Å². The molecule has 2 aromatic heterocycles. The Hall–Kier alpha value is -4.24. The second-order valence-electron chi connectivity index (χ2n) is 8.62. The maximum absolute atomic E-state index is 13.4. The Labute approximate surface area is 224 Å². The Morgan fingerprint density at radius 3 is 2.58 bits per heavy atom. The minimum atomic E-state index is -0.510. The number of hydrogen-bond donors (Lipinski definition) is 1. The lowest BCUT2D eigenvalue weighted by molar-refractivity contribution is 0.0881. The van der Waals surface area contributed by atoms with Crippen LogP contribution in [0, 0.1) is 12.7 Å². The molecule has 0 aliphatic rings. The number of nitrogens with zero attached hydrogens (tertiary/aromatic N) is 3. The molecule has 0 spiro atoms. The fourth-order valence-electron chi connectivity index (χ4n) is 4.10. The third kappa shape index (κ3) is 5.68. The summed E-state index contributed by atoms with van der Waals surface area (Å²) in [6.07, 6.45) is 1.23. The van der Waals surface area contributed by atoms with Gasteiger partial charge >= 0.3 is 0 Å². The van der Waals surface area contributed by atoms with E-state index in [1.807, 2.05) is 61.7 Å². The molecule has 5 aromatic rings. The molecule has 38 heavy (non-hydrogen) atoms. The number of ether oxygens (including phenoxy) is 2. The Bertz CT molecular complexity index is 1550. The zero-order chi connectivity index (χ0) is 25.9. The molecule has 2 heterocycles. The van der Waals surface area contributed by atoms with Gasteiger partial charge in [0.25, 0.3) is 5.91 Å². The van der Waals surface area contributed by atoms with E-state index in [0.717, 1.165) is 27.8 Å². The van der Waals surface area contributed by atoms with Gasteiger partial charge in [0.15, 0.2) is 5.01 Å². The van der Waals surface area contributed by atoms with E-state index in [4.69, 9.17) is 9.47 Å². The molecule has 9 heteroatoms. The van der Waals surface area contributed by atoms with Crippen molar-refractivity contribution in [1.82, 2.24) is 20.1 Å². The average molecular weight is 533 g/mol. The van der Waals surface area contributed by atoms with E-state index in [2.05, 4.69) is 15.4 Å². The zero-order valence-electron chi connectivity index (χ0n) is 20.5. The van der Waals surface area contributed by atoms with Crippen molar-refractivity contribution >= 4 is 28.1 Å². The van der Waals surface area contributed by atoms with Crippen molar-refractivity contribution in [2.24, 2.45) is 0 Å². The van der Waals surface area contributed by atoms with E-state index in [1.54, 1.807) is 30.1 Å². The summed E-state index contributed by atoms with van der Waals surface area (Å²) in [6.45, 7) is 3.75. The van der Waals surface area contributed by atoms with Crippen molar-refractivity contribution in [2.75, 3.05) is 7.11 Å². The third-order valence-corrected chi connectivity index (χ3v) is 6.88. The fraction of sp³-hybridized carbons (Fsp3) is 0.207. The highest BCUT2D eigenvalue weighted by Crippen LogP contribution is 2.30.